The van der Waals surface area contributed by atoms with Crippen molar-refractivity contribution in [2.45, 2.75) is 36.2 Å². The number of sulfonamides is 1. The summed E-state index contributed by atoms with van der Waals surface area (Å²) in [6, 6.07) is 4.43. The number of rotatable bonds is 4. The van der Waals surface area contributed by atoms with Crippen molar-refractivity contribution in [1.82, 2.24) is 4.72 Å². The Morgan fingerprint density at radius 1 is 1.26 bits per heavy atom. The number of halogens is 2. The van der Waals surface area contributed by atoms with Gasteiger partial charge >= 0.3 is 0 Å². The van der Waals surface area contributed by atoms with E-state index in [0.29, 0.717) is 12.8 Å². The van der Waals surface area contributed by atoms with Crippen LogP contribution in [-0.4, -0.2) is 25.7 Å². The van der Waals surface area contributed by atoms with E-state index in [1.54, 1.807) is 0 Å². The molecule has 1 aromatic carbocycles. The predicted octanol–water partition coefficient (Wildman–Crippen LogP) is 2.58. The Morgan fingerprint density at radius 2 is 1.89 bits per heavy atom. The fraction of sp³-hybridized carbons (Fsp3) is 0.500. The van der Waals surface area contributed by atoms with Gasteiger partial charge in [-0.15, -0.1) is 0 Å². The summed E-state index contributed by atoms with van der Waals surface area (Å²) in [7, 11) is -3.77. The molecule has 0 radical (unpaired) electrons. The van der Waals surface area contributed by atoms with Gasteiger partial charge in [0.2, 0.25) is 10.0 Å². The molecule has 4 nitrogen and oxygen atoms in total. The first-order chi connectivity index (χ1) is 8.84. The van der Waals surface area contributed by atoms with Crippen molar-refractivity contribution >= 4 is 33.2 Å². The summed E-state index contributed by atoms with van der Waals surface area (Å²) in [5.74, 6) is 0. The number of hydrogen-bond donors (Lipinski definition) is 2. The zero-order valence-corrected chi connectivity index (χ0v) is 12.5. The van der Waals surface area contributed by atoms with Gasteiger partial charge in [0.05, 0.1) is 15.6 Å². The quantitative estimate of drug-likeness (QED) is 0.894. The van der Waals surface area contributed by atoms with Crippen LogP contribution >= 0.6 is 23.2 Å². The minimum absolute atomic E-state index is 0.00181. The van der Waals surface area contributed by atoms with Gasteiger partial charge in [-0.05, 0) is 25.0 Å². The number of hydrogen-bond acceptors (Lipinski definition) is 3. The molecule has 0 saturated heterocycles. The summed E-state index contributed by atoms with van der Waals surface area (Å²) in [6.07, 6.45) is 3.05. The van der Waals surface area contributed by atoms with Crippen LogP contribution in [-0.2, 0) is 10.0 Å². The van der Waals surface area contributed by atoms with E-state index in [0.717, 1.165) is 12.8 Å². The van der Waals surface area contributed by atoms with Crippen molar-refractivity contribution in [1.29, 1.82) is 0 Å². The summed E-state index contributed by atoms with van der Waals surface area (Å²) in [5, 5.41) is 10.3. The van der Waals surface area contributed by atoms with Crippen molar-refractivity contribution < 1.29 is 13.5 Å². The highest BCUT2D eigenvalue weighted by Crippen LogP contribution is 2.31. The molecular weight excluding hydrogens is 309 g/mol. The van der Waals surface area contributed by atoms with Crippen molar-refractivity contribution in [2.24, 2.45) is 0 Å². The van der Waals surface area contributed by atoms with Crippen LogP contribution in [0.5, 0.6) is 0 Å². The van der Waals surface area contributed by atoms with Crippen molar-refractivity contribution in [3.8, 4) is 0 Å². The van der Waals surface area contributed by atoms with Crippen LogP contribution in [0.25, 0.3) is 0 Å². The molecule has 1 aromatic rings. The minimum Gasteiger partial charge on any atom is -0.389 e. The van der Waals surface area contributed by atoms with E-state index in [1.807, 2.05) is 0 Å². The maximum atomic E-state index is 12.1. The SMILES string of the molecule is O=S(=O)(NCC1(O)CCCC1)c1cccc(Cl)c1Cl. The first kappa shape index (κ1) is 15.1. The van der Waals surface area contributed by atoms with E-state index in [2.05, 4.69) is 4.72 Å². The second-order valence-electron chi connectivity index (χ2n) is 4.81. The van der Waals surface area contributed by atoms with Gasteiger partial charge in [-0.1, -0.05) is 42.1 Å². The molecule has 0 heterocycles. The summed E-state index contributed by atoms with van der Waals surface area (Å²) >= 11 is 11.7. The molecule has 1 aliphatic carbocycles. The lowest BCUT2D eigenvalue weighted by molar-refractivity contribution is 0.0532. The van der Waals surface area contributed by atoms with Crippen LogP contribution in [0.15, 0.2) is 23.1 Å². The summed E-state index contributed by atoms with van der Waals surface area (Å²) < 4.78 is 26.7. The molecule has 1 fully saturated rings. The Balaban J connectivity index is 2.16. The van der Waals surface area contributed by atoms with Gasteiger partial charge in [-0.2, -0.15) is 0 Å². The highest BCUT2D eigenvalue weighted by Gasteiger charge is 2.33. The van der Waals surface area contributed by atoms with E-state index in [9.17, 15) is 13.5 Å². The van der Waals surface area contributed by atoms with Crippen LogP contribution in [0.2, 0.25) is 10.0 Å². The van der Waals surface area contributed by atoms with Crippen LogP contribution in [0.4, 0.5) is 0 Å². The highest BCUT2D eigenvalue weighted by molar-refractivity contribution is 7.89. The van der Waals surface area contributed by atoms with E-state index in [1.165, 1.54) is 18.2 Å². The van der Waals surface area contributed by atoms with Gasteiger partial charge in [-0.25, -0.2) is 13.1 Å². The third-order valence-electron chi connectivity index (χ3n) is 3.33. The molecule has 0 amide bonds. The molecule has 1 saturated carbocycles. The average molecular weight is 324 g/mol. The molecule has 0 aromatic heterocycles. The summed E-state index contributed by atoms with van der Waals surface area (Å²) in [5.41, 5.74) is -0.946. The smallest absolute Gasteiger partial charge is 0.242 e. The van der Waals surface area contributed by atoms with E-state index < -0.39 is 15.6 Å². The predicted molar refractivity (Wildman–Crippen MR) is 75.1 cm³/mol. The van der Waals surface area contributed by atoms with E-state index >= 15 is 0 Å². The maximum Gasteiger partial charge on any atom is 0.242 e. The maximum absolute atomic E-state index is 12.1. The standard InChI is InChI=1S/C12H15Cl2NO3S/c13-9-4-3-5-10(11(9)14)19(17,18)15-8-12(16)6-1-2-7-12/h3-5,15-16H,1-2,6-8H2. The topological polar surface area (TPSA) is 66.4 Å². The third kappa shape index (κ3) is 3.41. The largest absolute Gasteiger partial charge is 0.389 e. The molecule has 0 bridgehead atoms. The van der Waals surface area contributed by atoms with Crippen molar-refractivity contribution in [3.63, 3.8) is 0 Å². The zero-order valence-electron chi connectivity index (χ0n) is 10.2. The van der Waals surface area contributed by atoms with Crippen LogP contribution in [0.3, 0.4) is 0 Å². The number of nitrogens with one attached hydrogen (secondary N) is 1. The lowest BCUT2D eigenvalue weighted by Gasteiger charge is -2.22. The Labute approximate surface area is 122 Å². The van der Waals surface area contributed by atoms with Crippen LogP contribution < -0.4 is 4.72 Å². The second-order valence-corrected chi connectivity index (χ2v) is 7.33. The van der Waals surface area contributed by atoms with Gasteiger partial charge in [-0.3, -0.25) is 0 Å². The van der Waals surface area contributed by atoms with Gasteiger partial charge in [0, 0.05) is 6.54 Å². The molecule has 0 atom stereocenters. The molecule has 7 heteroatoms. The molecule has 1 aliphatic rings. The second kappa shape index (κ2) is 5.58. The van der Waals surface area contributed by atoms with Gasteiger partial charge in [0.25, 0.3) is 0 Å². The normalized spacial score (nSPS) is 18.7. The average Bonchev–Trinajstić information content (AvgIpc) is 2.78. The van der Waals surface area contributed by atoms with Gasteiger partial charge in [0.1, 0.15) is 4.90 Å². The molecule has 2 N–H and O–H groups in total. The molecule has 19 heavy (non-hydrogen) atoms. The molecule has 0 unspecified atom stereocenters. The molecule has 106 valence electrons. The number of aliphatic hydroxyl groups is 1. The molecular formula is C12H15Cl2NO3S. The number of benzene rings is 1. The first-order valence-corrected chi connectivity index (χ1v) is 8.24. The fourth-order valence-corrected chi connectivity index (χ4v) is 4.09. The lowest BCUT2D eigenvalue weighted by Crippen LogP contribution is -2.40. The van der Waals surface area contributed by atoms with E-state index in [4.69, 9.17) is 23.2 Å². The molecule has 2 rings (SSSR count). The van der Waals surface area contributed by atoms with Crippen LogP contribution in [0.1, 0.15) is 25.7 Å². The fourth-order valence-electron chi connectivity index (χ4n) is 2.21. The van der Waals surface area contributed by atoms with Crippen molar-refractivity contribution in [2.75, 3.05) is 6.54 Å². The van der Waals surface area contributed by atoms with Crippen LogP contribution in [0, 0.1) is 0 Å². The van der Waals surface area contributed by atoms with Gasteiger partial charge in [0.15, 0.2) is 0 Å². The zero-order chi connectivity index (χ0) is 14.1. The molecule has 0 aliphatic heterocycles. The monoisotopic (exact) mass is 323 g/mol. The first-order valence-electron chi connectivity index (χ1n) is 6.00. The Bertz CT molecular complexity index is 568. The van der Waals surface area contributed by atoms with Gasteiger partial charge < -0.3 is 5.11 Å². The minimum atomic E-state index is -3.77. The Kier molecular flexibility index (Phi) is 4.42. The highest BCUT2D eigenvalue weighted by atomic mass is 35.5. The summed E-state index contributed by atoms with van der Waals surface area (Å²) in [4.78, 5) is -0.0664. The lowest BCUT2D eigenvalue weighted by atomic mass is 10.0. The Morgan fingerprint density at radius 3 is 2.53 bits per heavy atom. The Hall–Kier alpha value is -0.330. The van der Waals surface area contributed by atoms with E-state index in [-0.39, 0.29) is 21.5 Å². The molecule has 0 spiro atoms. The van der Waals surface area contributed by atoms with Crippen molar-refractivity contribution in [3.05, 3.63) is 28.2 Å². The summed E-state index contributed by atoms with van der Waals surface area (Å²) in [6.45, 7) is -0.00181. The third-order valence-corrected chi connectivity index (χ3v) is 5.71.